The minimum absolute atomic E-state index is 0.0879. The smallest absolute Gasteiger partial charge is 0.274 e. The zero-order valence-electron chi connectivity index (χ0n) is 18.6. The van der Waals surface area contributed by atoms with Crippen LogP contribution in [0.5, 0.6) is 0 Å². The first-order chi connectivity index (χ1) is 16.0. The molecule has 0 unspecified atom stereocenters. The van der Waals surface area contributed by atoms with Crippen LogP contribution in [-0.4, -0.2) is 51.4 Å². The highest BCUT2D eigenvalue weighted by molar-refractivity contribution is 6.00. The molecule has 4 heterocycles. The van der Waals surface area contributed by atoms with Gasteiger partial charge in [0.05, 0.1) is 19.4 Å². The SMILES string of the molecule is CNc1cc(Nc2cccn([C@H]3[C@@H]4COC[C@@H]43)c2=O)nc2c(C(=O)N[C@H]3CC[C@H]3C)cnn12. The minimum atomic E-state index is -0.183. The molecule has 0 aromatic carbocycles. The van der Waals surface area contributed by atoms with E-state index in [1.165, 1.54) is 6.20 Å². The molecular formula is C23H27N7O3. The molecule has 5 atom stereocenters. The maximum absolute atomic E-state index is 13.2. The lowest BCUT2D eigenvalue weighted by Gasteiger charge is -2.34. The number of hydrogen-bond acceptors (Lipinski definition) is 7. The van der Waals surface area contributed by atoms with Crippen LogP contribution in [0.2, 0.25) is 0 Å². The van der Waals surface area contributed by atoms with Crippen molar-refractivity contribution in [1.29, 1.82) is 0 Å². The van der Waals surface area contributed by atoms with Gasteiger partial charge in [0, 0.05) is 43.2 Å². The fourth-order valence-electron chi connectivity index (χ4n) is 5.09. The Balaban J connectivity index is 1.31. The molecule has 3 aromatic rings. The first kappa shape index (κ1) is 20.2. The van der Waals surface area contributed by atoms with Crippen LogP contribution in [0.15, 0.2) is 35.4 Å². The van der Waals surface area contributed by atoms with Gasteiger partial charge in [0.15, 0.2) is 5.65 Å². The van der Waals surface area contributed by atoms with Crippen molar-refractivity contribution in [3.8, 4) is 0 Å². The third-order valence-corrected chi connectivity index (χ3v) is 7.37. The Bertz CT molecular complexity index is 1290. The lowest BCUT2D eigenvalue weighted by Crippen LogP contribution is -2.45. The van der Waals surface area contributed by atoms with Gasteiger partial charge in [-0.15, -0.1) is 0 Å². The van der Waals surface area contributed by atoms with Crippen LogP contribution in [0.3, 0.4) is 0 Å². The van der Waals surface area contributed by atoms with E-state index in [4.69, 9.17) is 4.74 Å². The third-order valence-electron chi connectivity index (χ3n) is 7.37. The first-order valence-corrected chi connectivity index (χ1v) is 11.5. The van der Waals surface area contributed by atoms with Crippen LogP contribution in [-0.2, 0) is 4.74 Å². The predicted octanol–water partition coefficient (Wildman–Crippen LogP) is 2.02. The van der Waals surface area contributed by atoms with Gasteiger partial charge in [0.1, 0.15) is 22.9 Å². The summed E-state index contributed by atoms with van der Waals surface area (Å²) in [4.78, 5) is 30.7. The van der Waals surface area contributed by atoms with E-state index in [0.29, 0.717) is 46.3 Å². The Morgan fingerprint density at radius 2 is 2.06 bits per heavy atom. The van der Waals surface area contributed by atoms with Gasteiger partial charge in [-0.2, -0.15) is 9.61 Å². The van der Waals surface area contributed by atoms with Crippen LogP contribution in [0, 0.1) is 17.8 Å². The van der Waals surface area contributed by atoms with Crippen molar-refractivity contribution in [2.45, 2.75) is 31.8 Å². The van der Waals surface area contributed by atoms with Crippen molar-refractivity contribution in [2.75, 3.05) is 30.9 Å². The van der Waals surface area contributed by atoms with E-state index < -0.39 is 0 Å². The van der Waals surface area contributed by atoms with Gasteiger partial charge in [0.2, 0.25) is 0 Å². The summed E-state index contributed by atoms with van der Waals surface area (Å²) in [6.45, 7) is 3.57. The van der Waals surface area contributed by atoms with Crippen molar-refractivity contribution >= 4 is 28.9 Å². The molecule has 3 aromatic heterocycles. The Kier molecular flexibility index (Phi) is 4.65. The lowest BCUT2D eigenvalue weighted by molar-refractivity contribution is 0.0886. The third kappa shape index (κ3) is 3.28. The number of carbonyl (C=O) groups is 1. The lowest BCUT2D eigenvalue weighted by atomic mass is 9.81. The molecule has 0 bridgehead atoms. The van der Waals surface area contributed by atoms with Crippen LogP contribution in [0.1, 0.15) is 36.2 Å². The Morgan fingerprint density at radius 1 is 1.24 bits per heavy atom. The molecule has 10 heteroatoms. The largest absolute Gasteiger partial charge is 0.381 e. The highest BCUT2D eigenvalue weighted by atomic mass is 16.5. The second kappa shape index (κ2) is 7.58. The zero-order chi connectivity index (χ0) is 22.7. The van der Waals surface area contributed by atoms with Crippen molar-refractivity contribution in [3.63, 3.8) is 0 Å². The van der Waals surface area contributed by atoms with Gasteiger partial charge in [-0.05, 0) is 30.9 Å². The molecule has 10 nitrogen and oxygen atoms in total. The molecule has 1 saturated heterocycles. The van der Waals surface area contributed by atoms with E-state index in [2.05, 4.69) is 33.0 Å². The molecule has 2 aliphatic carbocycles. The zero-order valence-corrected chi connectivity index (χ0v) is 18.6. The molecular weight excluding hydrogens is 422 g/mol. The number of carbonyl (C=O) groups excluding carboxylic acids is 1. The van der Waals surface area contributed by atoms with Crippen LogP contribution < -0.4 is 21.5 Å². The number of anilines is 3. The molecule has 3 aliphatic rings. The summed E-state index contributed by atoms with van der Waals surface area (Å²) in [6.07, 6.45) is 5.49. The number of ether oxygens (including phenoxy) is 1. The van der Waals surface area contributed by atoms with Crippen LogP contribution in [0.4, 0.5) is 17.3 Å². The van der Waals surface area contributed by atoms with Gasteiger partial charge in [-0.1, -0.05) is 6.92 Å². The standard InChI is InChI=1S/C23H27N7O3/c1-12-5-6-16(12)27-22(31)13-9-25-30-19(24-2)8-18(28-21(13)30)26-17-4-3-7-29(23(17)32)20-14-10-33-11-15(14)20/h3-4,7-9,12,14-16,20,24H,5-6,10-11H2,1-2H3,(H,26,28)(H,27,31)/t12-,14-,15+,16+,20+/m1/s1. The van der Waals surface area contributed by atoms with Crippen molar-refractivity contribution in [1.82, 2.24) is 24.5 Å². The van der Waals surface area contributed by atoms with Crippen molar-refractivity contribution < 1.29 is 9.53 Å². The number of nitrogens with zero attached hydrogens (tertiary/aromatic N) is 4. The quantitative estimate of drug-likeness (QED) is 0.527. The summed E-state index contributed by atoms with van der Waals surface area (Å²) in [7, 11) is 1.78. The minimum Gasteiger partial charge on any atom is -0.381 e. The normalized spacial score (nSPS) is 27.6. The fraction of sp³-hybridized carbons (Fsp3) is 0.478. The Labute approximate surface area is 190 Å². The average Bonchev–Trinajstić information content (AvgIpc) is 3.15. The molecule has 3 fully saturated rings. The van der Waals surface area contributed by atoms with Gasteiger partial charge in [-0.25, -0.2) is 4.98 Å². The number of pyridine rings is 1. The van der Waals surface area contributed by atoms with Crippen molar-refractivity contribution in [3.05, 3.63) is 46.5 Å². The first-order valence-electron chi connectivity index (χ1n) is 11.5. The molecule has 0 radical (unpaired) electrons. The molecule has 2 saturated carbocycles. The molecule has 3 N–H and O–H groups in total. The van der Waals surface area contributed by atoms with Crippen LogP contribution in [0.25, 0.3) is 5.65 Å². The van der Waals surface area contributed by atoms with E-state index in [0.717, 1.165) is 26.1 Å². The maximum atomic E-state index is 13.2. The number of fused-ring (bicyclic) bond motifs is 2. The highest BCUT2D eigenvalue weighted by Crippen LogP contribution is 2.53. The molecule has 1 amide bonds. The second-order valence-electron chi connectivity index (χ2n) is 9.32. The van der Waals surface area contributed by atoms with Gasteiger partial charge >= 0.3 is 0 Å². The second-order valence-corrected chi connectivity index (χ2v) is 9.32. The summed E-state index contributed by atoms with van der Waals surface area (Å²) in [5.74, 6) is 2.27. The number of amides is 1. The van der Waals surface area contributed by atoms with Gasteiger partial charge in [0.25, 0.3) is 11.5 Å². The molecule has 1 aliphatic heterocycles. The Morgan fingerprint density at radius 3 is 2.76 bits per heavy atom. The molecule has 6 rings (SSSR count). The monoisotopic (exact) mass is 449 g/mol. The van der Waals surface area contributed by atoms with E-state index >= 15 is 0 Å². The number of hydrogen-bond donors (Lipinski definition) is 3. The van der Waals surface area contributed by atoms with Gasteiger partial charge in [-0.3, -0.25) is 9.59 Å². The number of nitrogens with one attached hydrogen (secondary N) is 3. The Hall–Kier alpha value is -3.40. The summed E-state index contributed by atoms with van der Waals surface area (Å²) in [5.41, 5.74) is 1.19. The summed E-state index contributed by atoms with van der Waals surface area (Å²) < 4.78 is 8.86. The summed E-state index contributed by atoms with van der Waals surface area (Å²) in [5, 5.41) is 13.7. The van der Waals surface area contributed by atoms with E-state index in [1.807, 2.05) is 12.3 Å². The van der Waals surface area contributed by atoms with Gasteiger partial charge < -0.3 is 25.3 Å². The molecule has 0 spiro atoms. The predicted molar refractivity (Wildman–Crippen MR) is 123 cm³/mol. The van der Waals surface area contributed by atoms with Crippen LogP contribution >= 0.6 is 0 Å². The maximum Gasteiger partial charge on any atom is 0.274 e. The number of aromatic nitrogens is 4. The highest BCUT2D eigenvalue weighted by Gasteiger charge is 2.55. The summed E-state index contributed by atoms with van der Waals surface area (Å²) in [6, 6.07) is 5.78. The number of rotatable bonds is 6. The van der Waals surface area contributed by atoms with Crippen molar-refractivity contribution in [2.24, 2.45) is 17.8 Å². The average molecular weight is 450 g/mol. The summed E-state index contributed by atoms with van der Waals surface area (Å²) >= 11 is 0. The molecule has 172 valence electrons. The van der Waals surface area contributed by atoms with E-state index in [9.17, 15) is 9.59 Å². The van der Waals surface area contributed by atoms with E-state index in [1.54, 1.807) is 28.3 Å². The molecule has 33 heavy (non-hydrogen) atoms. The fourth-order valence-corrected chi connectivity index (χ4v) is 5.09. The van der Waals surface area contributed by atoms with E-state index in [-0.39, 0.29) is 23.6 Å². The topological polar surface area (TPSA) is 115 Å².